The first-order valence-corrected chi connectivity index (χ1v) is 14.1. The number of carboxylic acids is 1. The van der Waals surface area contributed by atoms with Crippen molar-refractivity contribution in [3.63, 3.8) is 0 Å². The first-order valence-electron chi connectivity index (χ1n) is 14.1. The SMILES string of the molecule is CCCCCCCCCON=C(C(=O)Nc1ccc(C(=O)O)cc1)c1ccc2c(c1)C(C)(C)CCC2(C)C. The van der Waals surface area contributed by atoms with E-state index in [9.17, 15) is 9.59 Å². The van der Waals surface area contributed by atoms with Crippen LogP contribution in [0.1, 0.15) is 119 Å². The summed E-state index contributed by atoms with van der Waals surface area (Å²) in [7, 11) is 0. The number of carbonyl (C=O) groups excluding carboxylic acids is 1. The molecule has 0 heterocycles. The topological polar surface area (TPSA) is 88.0 Å². The van der Waals surface area contributed by atoms with Crippen LogP contribution in [0.25, 0.3) is 0 Å². The second-order valence-corrected chi connectivity index (χ2v) is 11.8. The van der Waals surface area contributed by atoms with E-state index in [0.29, 0.717) is 17.9 Å². The third kappa shape index (κ3) is 7.68. The summed E-state index contributed by atoms with van der Waals surface area (Å²) < 4.78 is 0. The van der Waals surface area contributed by atoms with Crippen LogP contribution in [-0.4, -0.2) is 29.3 Å². The number of hydrogen-bond donors (Lipinski definition) is 2. The molecule has 0 saturated carbocycles. The second-order valence-electron chi connectivity index (χ2n) is 11.8. The molecule has 3 rings (SSSR count). The Bertz CT molecular complexity index is 1130. The molecule has 0 bridgehead atoms. The lowest BCUT2D eigenvalue weighted by Gasteiger charge is -2.42. The van der Waals surface area contributed by atoms with Gasteiger partial charge in [0.25, 0.3) is 5.91 Å². The van der Waals surface area contributed by atoms with Crippen LogP contribution in [0.4, 0.5) is 5.69 Å². The maximum absolute atomic E-state index is 13.4. The summed E-state index contributed by atoms with van der Waals surface area (Å²) in [5, 5.41) is 16.3. The van der Waals surface area contributed by atoms with E-state index >= 15 is 0 Å². The van der Waals surface area contributed by atoms with E-state index in [4.69, 9.17) is 9.94 Å². The Hall–Kier alpha value is -3.15. The van der Waals surface area contributed by atoms with Crippen LogP contribution in [0.5, 0.6) is 0 Å². The average Bonchev–Trinajstić information content (AvgIpc) is 2.88. The average molecular weight is 521 g/mol. The molecule has 0 fully saturated rings. The van der Waals surface area contributed by atoms with E-state index in [0.717, 1.165) is 25.7 Å². The van der Waals surface area contributed by atoms with Crippen LogP contribution in [0.15, 0.2) is 47.6 Å². The number of rotatable bonds is 13. The van der Waals surface area contributed by atoms with Gasteiger partial charge in [-0.05, 0) is 78.0 Å². The van der Waals surface area contributed by atoms with Gasteiger partial charge in [-0.25, -0.2) is 4.79 Å². The zero-order valence-corrected chi connectivity index (χ0v) is 23.7. The summed E-state index contributed by atoms with van der Waals surface area (Å²) in [6.45, 7) is 11.7. The first kappa shape index (κ1) is 29.4. The van der Waals surface area contributed by atoms with Crippen molar-refractivity contribution < 1.29 is 19.5 Å². The minimum absolute atomic E-state index is 0.00620. The highest BCUT2D eigenvalue weighted by Crippen LogP contribution is 2.46. The molecule has 2 aromatic carbocycles. The molecule has 2 aromatic rings. The van der Waals surface area contributed by atoms with Gasteiger partial charge in [0.15, 0.2) is 5.71 Å². The zero-order valence-electron chi connectivity index (χ0n) is 23.7. The molecule has 0 saturated heterocycles. The molecule has 6 nitrogen and oxygen atoms in total. The van der Waals surface area contributed by atoms with E-state index < -0.39 is 5.97 Å². The molecule has 0 aliphatic heterocycles. The lowest BCUT2D eigenvalue weighted by atomic mass is 9.63. The van der Waals surface area contributed by atoms with E-state index in [1.807, 2.05) is 6.07 Å². The number of nitrogens with zero attached hydrogens (tertiary/aromatic N) is 1. The van der Waals surface area contributed by atoms with E-state index in [1.54, 1.807) is 12.1 Å². The highest BCUT2D eigenvalue weighted by molar-refractivity contribution is 6.48. The lowest BCUT2D eigenvalue weighted by Crippen LogP contribution is -2.34. The van der Waals surface area contributed by atoms with Crippen LogP contribution in [0, 0.1) is 0 Å². The first-order chi connectivity index (χ1) is 18.0. The van der Waals surface area contributed by atoms with Crippen molar-refractivity contribution in [1.29, 1.82) is 0 Å². The van der Waals surface area contributed by atoms with Crippen LogP contribution in [-0.2, 0) is 20.5 Å². The summed E-state index contributed by atoms with van der Waals surface area (Å²) in [6.07, 6.45) is 10.4. The molecule has 2 N–H and O–H groups in total. The fourth-order valence-corrected chi connectivity index (χ4v) is 5.08. The number of oxime groups is 1. The van der Waals surface area contributed by atoms with Crippen molar-refractivity contribution in [3.8, 4) is 0 Å². The zero-order chi connectivity index (χ0) is 27.8. The molecule has 0 unspecified atom stereocenters. The number of hydrogen-bond acceptors (Lipinski definition) is 4. The van der Waals surface area contributed by atoms with Crippen molar-refractivity contribution in [2.45, 2.75) is 103 Å². The summed E-state index contributed by atoms with van der Waals surface area (Å²) in [4.78, 5) is 30.3. The largest absolute Gasteiger partial charge is 0.478 e. The predicted octanol–water partition coefficient (Wildman–Crippen LogP) is 7.84. The van der Waals surface area contributed by atoms with E-state index in [2.05, 4.69) is 57.2 Å². The third-order valence-corrected chi connectivity index (χ3v) is 7.73. The van der Waals surface area contributed by atoms with E-state index in [1.165, 1.54) is 55.4 Å². The smallest absolute Gasteiger partial charge is 0.335 e. The van der Waals surface area contributed by atoms with Gasteiger partial charge in [0.05, 0.1) is 5.56 Å². The molecule has 0 spiro atoms. The highest BCUT2D eigenvalue weighted by Gasteiger charge is 2.37. The number of fused-ring (bicyclic) bond motifs is 1. The number of unbranched alkanes of at least 4 members (excludes halogenated alkanes) is 6. The van der Waals surface area contributed by atoms with Crippen LogP contribution in [0.2, 0.25) is 0 Å². The van der Waals surface area contributed by atoms with Crippen molar-refractivity contribution in [1.82, 2.24) is 0 Å². The molecule has 0 atom stereocenters. The summed E-state index contributed by atoms with van der Waals surface area (Å²) in [5.74, 6) is -1.40. The van der Waals surface area contributed by atoms with Gasteiger partial charge in [-0.15, -0.1) is 0 Å². The Morgan fingerprint density at radius 2 is 1.42 bits per heavy atom. The van der Waals surface area contributed by atoms with Gasteiger partial charge >= 0.3 is 5.97 Å². The number of benzene rings is 2. The van der Waals surface area contributed by atoms with Gasteiger partial charge in [0.1, 0.15) is 6.61 Å². The van der Waals surface area contributed by atoms with Gasteiger partial charge in [0.2, 0.25) is 0 Å². The van der Waals surface area contributed by atoms with Crippen LogP contribution >= 0.6 is 0 Å². The van der Waals surface area contributed by atoms with Gasteiger partial charge in [-0.3, -0.25) is 4.79 Å². The standard InChI is InChI=1S/C32H44N2O4/c1-6-7-8-9-10-11-12-21-38-34-28(29(35)33-25-16-13-23(14-17-25)30(36)37)24-15-18-26-27(22-24)32(4,5)20-19-31(26,2)3/h13-18,22H,6-12,19-21H2,1-5H3,(H,33,35)(H,36,37). The Balaban J connectivity index is 1.80. The fraction of sp³-hybridized carbons (Fsp3) is 0.531. The normalized spacial score (nSPS) is 16.0. The second kappa shape index (κ2) is 13.1. The van der Waals surface area contributed by atoms with Crippen molar-refractivity contribution in [2.24, 2.45) is 5.16 Å². The highest BCUT2D eigenvalue weighted by atomic mass is 16.6. The van der Waals surface area contributed by atoms with Gasteiger partial charge in [0, 0.05) is 11.3 Å². The predicted molar refractivity (Wildman–Crippen MR) is 154 cm³/mol. The lowest BCUT2D eigenvalue weighted by molar-refractivity contribution is -0.110. The molecule has 1 amide bonds. The maximum atomic E-state index is 13.4. The minimum atomic E-state index is -1.01. The molecule has 6 heteroatoms. The van der Waals surface area contributed by atoms with Crippen molar-refractivity contribution in [2.75, 3.05) is 11.9 Å². The number of amides is 1. The summed E-state index contributed by atoms with van der Waals surface area (Å²) in [5.41, 5.74) is 4.21. The molecule has 206 valence electrons. The summed E-state index contributed by atoms with van der Waals surface area (Å²) >= 11 is 0. The van der Waals surface area contributed by atoms with Gasteiger partial charge in [-0.1, -0.05) is 84.0 Å². The summed E-state index contributed by atoms with van der Waals surface area (Å²) in [6, 6.07) is 12.3. The number of aromatic carboxylic acids is 1. The number of nitrogens with one attached hydrogen (secondary N) is 1. The van der Waals surface area contributed by atoms with Crippen molar-refractivity contribution in [3.05, 3.63) is 64.7 Å². The molecular weight excluding hydrogens is 476 g/mol. The maximum Gasteiger partial charge on any atom is 0.335 e. The molecule has 0 radical (unpaired) electrons. The Labute approximate surface area is 227 Å². The van der Waals surface area contributed by atoms with Crippen LogP contribution < -0.4 is 5.32 Å². The Kier molecular flexibility index (Phi) is 10.1. The Morgan fingerprint density at radius 1 is 0.842 bits per heavy atom. The third-order valence-electron chi connectivity index (χ3n) is 7.73. The number of carboxylic acid groups (broad SMARTS) is 1. The Morgan fingerprint density at radius 3 is 2.05 bits per heavy atom. The molecule has 1 aliphatic carbocycles. The van der Waals surface area contributed by atoms with E-state index in [-0.39, 0.29) is 28.0 Å². The molecule has 0 aromatic heterocycles. The number of carbonyl (C=O) groups is 2. The van der Waals surface area contributed by atoms with Crippen LogP contribution in [0.3, 0.4) is 0 Å². The quantitative estimate of drug-likeness (QED) is 0.160. The molecular formula is C32H44N2O4. The monoisotopic (exact) mass is 520 g/mol. The van der Waals surface area contributed by atoms with Gasteiger partial charge < -0.3 is 15.3 Å². The fourth-order valence-electron chi connectivity index (χ4n) is 5.08. The molecule has 1 aliphatic rings. The van der Waals surface area contributed by atoms with Gasteiger partial charge in [-0.2, -0.15) is 0 Å². The van der Waals surface area contributed by atoms with Crippen molar-refractivity contribution >= 4 is 23.3 Å². The minimum Gasteiger partial charge on any atom is -0.478 e. The molecule has 38 heavy (non-hydrogen) atoms. The number of anilines is 1.